The monoisotopic (exact) mass is 973 g/mol. The van der Waals surface area contributed by atoms with Crippen molar-refractivity contribution in [2.75, 3.05) is 14.7 Å². The Labute approximate surface area is 429 Å². The summed E-state index contributed by atoms with van der Waals surface area (Å²) in [6.07, 6.45) is 0. The molecule has 340 valence electrons. The van der Waals surface area contributed by atoms with Gasteiger partial charge in [-0.3, -0.25) is 0 Å². The largest absolute Gasteiger partial charge is 0.310 e. The van der Waals surface area contributed by atoms with Crippen LogP contribution in [0.2, 0.25) is 0 Å². The van der Waals surface area contributed by atoms with Gasteiger partial charge in [-0.25, -0.2) is 0 Å². The fraction of sp³-hybridized carbons (Fsp3) is 0. The minimum atomic E-state index is 1.07. The van der Waals surface area contributed by atoms with E-state index in [0.717, 1.165) is 62.3 Å². The second kappa shape index (κ2) is 17.7. The van der Waals surface area contributed by atoms with Gasteiger partial charge in [0.1, 0.15) is 0 Å². The van der Waals surface area contributed by atoms with Crippen molar-refractivity contribution in [3.63, 3.8) is 0 Å². The van der Waals surface area contributed by atoms with E-state index in [4.69, 9.17) is 0 Å². The van der Waals surface area contributed by atoms with Crippen molar-refractivity contribution in [1.29, 1.82) is 0 Å². The predicted molar refractivity (Wildman–Crippen MR) is 315 cm³/mol. The topological polar surface area (TPSA) is 9.72 Å². The molecule has 0 N–H and O–H groups in total. The third-order valence-electron chi connectivity index (χ3n) is 13.8. The molecule has 3 nitrogen and oxygen atoms in total. The molecule has 0 aliphatic carbocycles. The highest BCUT2D eigenvalue weighted by Crippen LogP contribution is 2.48. The van der Waals surface area contributed by atoms with Gasteiger partial charge in [-0.2, -0.15) is 0 Å². The molecule has 0 saturated carbocycles. The van der Waals surface area contributed by atoms with E-state index in [1.54, 1.807) is 0 Å². The highest BCUT2D eigenvalue weighted by Gasteiger charge is 2.22. The second-order valence-corrected chi connectivity index (χ2v) is 21.4. The molecule has 0 unspecified atom stereocenters. The van der Waals surface area contributed by atoms with Gasteiger partial charge in [-0.1, -0.05) is 121 Å². The molecule has 0 amide bonds. The average molecular weight is 974 g/mol. The summed E-state index contributed by atoms with van der Waals surface area (Å²) in [6.45, 7) is 0. The van der Waals surface area contributed by atoms with Gasteiger partial charge in [-0.05, 0) is 151 Å². The summed E-state index contributed by atoms with van der Waals surface area (Å²) in [4.78, 5) is 7.19. The quantitative estimate of drug-likeness (QED) is 0.135. The van der Waals surface area contributed by atoms with Crippen molar-refractivity contribution in [1.82, 2.24) is 0 Å². The number of anilines is 9. The maximum atomic E-state index is 2.45. The maximum Gasteiger partial charge on any atom is 0.0488 e. The molecule has 11 aromatic carbocycles. The summed E-state index contributed by atoms with van der Waals surface area (Å²) >= 11 is 5.59. The smallest absolute Gasteiger partial charge is 0.0488 e. The minimum absolute atomic E-state index is 1.07. The Hall–Kier alpha value is -8.52. The molecule has 0 saturated heterocycles. The fourth-order valence-electron chi connectivity index (χ4n) is 10.5. The van der Waals surface area contributed by atoms with E-state index < -0.39 is 0 Å². The van der Waals surface area contributed by atoms with Crippen molar-refractivity contribution < 1.29 is 0 Å². The van der Waals surface area contributed by atoms with E-state index in [1.165, 1.54) is 60.5 Å². The van der Waals surface area contributed by atoms with Crippen molar-refractivity contribution in [2.24, 2.45) is 0 Å². The van der Waals surface area contributed by atoms with Gasteiger partial charge in [-0.15, -0.1) is 34.0 Å². The third kappa shape index (κ3) is 7.47. The number of rotatable bonds is 10. The first kappa shape index (κ1) is 42.4. The third-order valence-corrected chi connectivity index (χ3v) is 17.2. The first-order valence-electron chi connectivity index (χ1n) is 24.2. The molecular weight excluding hydrogens is 931 g/mol. The summed E-state index contributed by atoms with van der Waals surface area (Å²) in [6, 6.07) is 95.4. The van der Waals surface area contributed by atoms with Gasteiger partial charge in [0, 0.05) is 112 Å². The Morgan fingerprint density at radius 2 is 0.528 bits per heavy atom. The maximum absolute atomic E-state index is 2.45. The molecule has 0 fully saturated rings. The molecule has 3 aromatic heterocycles. The van der Waals surface area contributed by atoms with E-state index in [0.29, 0.717) is 0 Å². The SMILES string of the molecule is c1ccc(N(c2ccccc2)c2cc(-c3ccc4sc5cc(N(c6ccc7sc8ccccc8c7c6)c6ccc7sc8ccccc8c7c6)ccc5c4c3)cc(N(c3ccccc3)c3ccccc3)c2)cc1. The number of nitrogens with zero attached hydrogens (tertiary/aromatic N) is 3. The lowest BCUT2D eigenvalue weighted by Gasteiger charge is -2.30. The average Bonchev–Trinajstić information content (AvgIpc) is 4.13. The van der Waals surface area contributed by atoms with Gasteiger partial charge in [0.25, 0.3) is 0 Å². The number of hydrogen-bond acceptors (Lipinski definition) is 6. The number of fused-ring (bicyclic) bond motifs is 9. The van der Waals surface area contributed by atoms with Gasteiger partial charge >= 0.3 is 0 Å². The molecule has 0 aliphatic rings. The summed E-state index contributed by atoms with van der Waals surface area (Å²) in [5, 5.41) is 7.67. The van der Waals surface area contributed by atoms with Crippen molar-refractivity contribution in [3.8, 4) is 11.1 Å². The zero-order valence-corrected chi connectivity index (χ0v) is 41.3. The molecule has 0 spiro atoms. The number of benzene rings is 11. The zero-order valence-electron chi connectivity index (χ0n) is 38.9. The van der Waals surface area contributed by atoms with Crippen LogP contribution in [0.3, 0.4) is 0 Å². The first-order valence-corrected chi connectivity index (χ1v) is 26.7. The van der Waals surface area contributed by atoms with Crippen LogP contribution in [0.4, 0.5) is 51.2 Å². The van der Waals surface area contributed by atoms with Crippen LogP contribution >= 0.6 is 34.0 Å². The summed E-state index contributed by atoms with van der Waals surface area (Å²) in [7, 11) is 0. The molecule has 6 heteroatoms. The van der Waals surface area contributed by atoms with E-state index in [1.807, 2.05) is 34.0 Å². The minimum Gasteiger partial charge on any atom is -0.310 e. The molecule has 0 bridgehead atoms. The predicted octanol–water partition coefficient (Wildman–Crippen LogP) is 20.9. The van der Waals surface area contributed by atoms with E-state index >= 15 is 0 Å². The Balaban J connectivity index is 0.934. The first-order chi connectivity index (χ1) is 35.7. The second-order valence-electron chi connectivity index (χ2n) is 18.1. The van der Waals surface area contributed by atoms with Crippen LogP contribution in [0.1, 0.15) is 0 Å². The molecule has 14 aromatic rings. The highest BCUT2D eigenvalue weighted by molar-refractivity contribution is 7.26. The lowest BCUT2D eigenvalue weighted by atomic mass is 10.00. The lowest BCUT2D eigenvalue weighted by molar-refractivity contribution is 1.25. The Morgan fingerprint density at radius 3 is 1.01 bits per heavy atom. The van der Waals surface area contributed by atoms with Gasteiger partial charge in [0.05, 0.1) is 0 Å². The lowest BCUT2D eigenvalue weighted by Crippen LogP contribution is -2.13. The summed E-state index contributed by atoms with van der Waals surface area (Å²) < 4.78 is 7.73. The van der Waals surface area contributed by atoms with Crippen LogP contribution in [0.5, 0.6) is 0 Å². The number of para-hydroxylation sites is 4. The standard InChI is InChI=1S/C66H43N3S3/c1-5-17-46(18-6-1)67(47-19-7-2-8-20-47)53-37-45(38-54(40-53)68(48-21-9-3-10-22-48)49-23-11-4-12-24-49)44-29-34-63-58(39-44)57-33-30-52(43-66(57)72-63)69(50-31-35-64-59(41-50)55-25-13-15-27-61(55)70-64)51-32-36-65-60(42-51)56-26-14-16-28-62(56)71-65/h1-43H. The Kier molecular flexibility index (Phi) is 10.4. The summed E-state index contributed by atoms with van der Waals surface area (Å²) in [5.41, 5.74) is 12.2. The number of hydrogen-bond donors (Lipinski definition) is 0. The van der Waals surface area contributed by atoms with Gasteiger partial charge < -0.3 is 14.7 Å². The Morgan fingerprint density at radius 1 is 0.181 bits per heavy atom. The van der Waals surface area contributed by atoms with Crippen molar-refractivity contribution in [3.05, 3.63) is 261 Å². The van der Waals surface area contributed by atoms with Gasteiger partial charge in [0.2, 0.25) is 0 Å². The van der Waals surface area contributed by atoms with E-state index in [2.05, 4.69) is 276 Å². The van der Waals surface area contributed by atoms with Crippen LogP contribution in [-0.2, 0) is 0 Å². The van der Waals surface area contributed by atoms with Gasteiger partial charge in [0.15, 0.2) is 0 Å². The van der Waals surface area contributed by atoms with Crippen LogP contribution in [-0.4, -0.2) is 0 Å². The fourth-order valence-corrected chi connectivity index (χ4v) is 13.8. The van der Waals surface area contributed by atoms with Crippen molar-refractivity contribution >= 4 is 146 Å². The van der Waals surface area contributed by atoms with Crippen LogP contribution in [0.25, 0.3) is 71.6 Å². The normalized spacial score (nSPS) is 11.6. The zero-order chi connectivity index (χ0) is 47.5. The van der Waals surface area contributed by atoms with Crippen LogP contribution < -0.4 is 14.7 Å². The van der Waals surface area contributed by atoms with Crippen LogP contribution in [0.15, 0.2) is 261 Å². The van der Waals surface area contributed by atoms with Crippen LogP contribution in [0, 0.1) is 0 Å². The number of thiophene rings is 3. The molecule has 14 rings (SSSR count). The highest BCUT2D eigenvalue weighted by atomic mass is 32.1. The molecule has 3 heterocycles. The molecular formula is C66H43N3S3. The molecule has 0 atom stereocenters. The molecule has 0 radical (unpaired) electrons. The Bertz CT molecular complexity index is 4000. The molecule has 72 heavy (non-hydrogen) atoms. The van der Waals surface area contributed by atoms with E-state index in [-0.39, 0.29) is 0 Å². The summed E-state index contributed by atoms with van der Waals surface area (Å²) in [5.74, 6) is 0. The molecule has 0 aliphatic heterocycles. The van der Waals surface area contributed by atoms with Crippen molar-refractivity contribution in [2.45, 2.75) is 0 Å². The van der Waals surface area contributed by atoms with E-state index in [9.17, 15) is 0 Å².